The Balaban J connectivity index is 2.13. The highest BCUT2D eigenvalue weighted by Gasteiger charge is 2.29. The molecule has 0 aromatic heterocycles. The van der Waals surface area contributed by atoms with Gasteiger partial charge in [-0.1, -0.05) is 42.0 Å². The topological polar surface area (TPSA) is 0 Å². The summed E-state index contributed by atoms with van der Waals surface area (Å²) in [7, 11) is 0. The Hall–Kier alpha value is -1.77. The molecule has 0 bridgehead atoms. The fraction of sp³-hybridized carbons (Fsp3) is 0.200. The number of benzene rings is 2. The van der Waals surface area contributed by atoms with Crippen LogP contribution in [0.2, 0.25) is 0 Å². The Morgan fingerprint density at radius 1 is 0.778 bits per heavy atom. The molecule has 0 saturated carbocycles. The van der Waals surface area contributed by atoms with Crippen LogP contribution in [0.25, 0.3) is 0 Å². The highest BCUT2D eigenvalue weighted by atomic mass is 19.4. The molecule has 0 fully saturated rings. The van der Waals surface area contributed by atoms with Gasteiger partial charge in [-0.3, -0.25) is 0 Å². The number of rotatable bonds is 2. The van der Waals surface area contributed by atoms with Gasteiger partial charge in [-0.2, -0.15) is 13.2 Å². The molecule has 0 aliphatic rings. The summed E-state index contributed by atoms with van der Waals surface area (Å²) in [6.45, 7) is 2.00. The molecular formula is C15H13F3. The minimum absolute atomic E-state index is 0.602. The molecule has 0 spiro atoms. The molecule has 0 aliphatic heterocycles. The molecule has 0 unspecified atom stereocenters. The number of hydrogen-bond acceptors (Lipinski definition) is 0. The van der Waals surface area contributed by atoms with Gasteiger partial charge in [0, 0.05) is 0 Å². The van der Waals surface area contributed by atoms with Crippen LogP contribution in [0.5, 0.6) is 0 Å². The van der Waals surface area contributed by atoms with Crippen LogP contribution < -0.4 is 0 Å². The standard InChI is InChI=1S/C15H13F3/c1-11-2-4-12(5-3-11)10-13-6-8-14(9-7-13)15(16,17)18/h2-9H,10H2,1H3. The van der Waals surface area contributed by atoms with E-state index >= 15 is 0 Å². The van der Waals surface area contributed by atoms with Gasteiger partial charge in [-0.25, -0.2) is 0 Å². The predicted molar refractivity (Wildman–Crippen MR) is 65.4 cm³/mol. The number of hydrogen-bond donors (Lipinski definition) is 0. The molecule has 18 heavy (non-hydrogen) atoms. The van der Waals surface area contributed by atoms with Gasteiger partial charge < -0.3 is 0 Å². The van der Waals surface area contributed by atoms with Crippen molar-refractivity contribution in [2.75, 3.05) is 0 Å². The third kappa shape index (κ3) is 3.13. The maximum absolute atomic E-state index is 12.4. The van der Waals surface area contributed by atoms with Crippen LogP contribution in [0.3, 0.4) is 0 Å². The van der Waals surface area contributed by atoms with Crippen LogP contribution in [0, 0.1) is 6.92 Å². The Morgan fingerprint density at radius 2 is 1.22 bits per heavy atom. The first kappa shape index (κ1) is 12.7. The van der Waals surface area contributed by atoms with Crippen LogP contribution in [-0.4, -0.2) is 0 Å². The molecule has 94 valence electrons. The summed E-state index contributed by atoms with van der Waals surface area (Å²) >= 11 is 0. The quantitative estimate of drug-likeness (QED) is 0.730. The van der Waals surface area contributed by atoms with Crippen molar-refractivity contribution < 1.29 is 13.2 Å². The van der Waals surface area contributed by atoms with E-state index in [1.165, 1.54) is 17.7 Å². The van der Waals surface area contributed by atoms with Gasteiger partial charge in [0.05, 0.1) is 5.56 Å². The third-order valence-electron chi connectivity index (χ3n) is 2.81. The molecule has 0 amide bonds. The van der Waals surface area contributed by atoms with E-state index in [0.29, 0.717) is 6.42 Å². The second-order valence-corrected chi connectivity index (χ2v) is 4.36. The molecule has 0 aliphatic carbocycles. The monoisotopic (exact) mass is 250 g/mol. The largest absolute Gasteiger partial charge is 0.416 e. The van der Waals surface area contributed by atoms with E-state index in [4.69, 9.17) is 0 Å². The summed E-state index contributed by atoms with van der Waals surface area (Å²) in [5, 5.41) is 0. The van der Waals surface area contributed by atoms with Crippen LogP contribution in [0.15, 0.2) is 48.5 Å². The molecule has 2 aromatic rings. The lowest BCUT2D eigenvalue weighted by atomic mass is 10.0. The van der Waals surface area contributed by atoms with Crippen LogP contribution in [0.1, 0.15) is 22.3 Å². The van der Waals surface area contributed by atoms with E-state index in [9.17, 15) is 13.2 Å². The first-order chi connectivity index (χ1) is 8.45. The Kier molecular flexibility index (Phi) is 3.41. The van der Waals surface area contributed by atoms with Crippen molar-refractivity contribution in [2.24, 2.45) is 0 Å². The smallest absolute Gasteiger partial charge is 0.166 e. The molecule has 2 rings (SSSR count). The molecule has 0 atom stereocenters. The van der Waals surface area contributed by atoms with Crippen molar-refractivity contribution in [1.29, 1.82) is 0 Å². The molecular weight excluding hydrogens is 237 g/mol. The first-order valence-corrected chi connectivity index (χ1v) is 5.67. The lowest BCUT2D eigenvalue weighted by Gasteiger charge is -2.07. The zero-order valence-electron chi connectivity index (χ0n) is 9.96. The minimum atomic E-state index is -4.26. The molecule has 0 radical (unpaired) electrons. The first-order valence-electron chi connectivity index (χ1n) is 5.67. The summed E-state index contributed by atoms with van der Waals surface area (Å²) in [5.74, 6) is 0. The maximum Gasteiger partial charge on any atom is 0.416 e. The summed E-state index contributed by atoms with van der Waals surface area (Å²) in [5.41, 5.74) is 2.55. The van der Waals surface area contributed by atoms with Gasteiger partial charge in [0.2, 0.25) is 0 Å². The summed E-state index contributed by atoms with van der Waals surface area (Å²) in [6, 6.07) is 13.3. The Morgan fingerprint density at radius 3 is 1.67 bits per heavy atom. The third-order valence-corrected chi connectivity index (χ3v) is 2.81. The van der Waals surface area contributed by atoms with Crippen molar-refractivity contribution in [3.05, 3.63) is 70.8 Å². The molecule has 0 nitrogen and oxygen atoms in total. The van der Waals surface area contributed by atoms with E-state index in [1.54, 1.807) is 0 Å². The van der Waals surface area contributed by atoms with E-state index < -0.39 is 11.7 Å². The molecule has 0 heterocycles. The van der Waals surface area contributed by atoms with Gasteiger partial charge in [-0.05, 0) is 36.6 Å². The molecule has 0 saturated heterocycles. The average molecular weight is 250 g/mol. The Bertz CT molecular complexity index is 507. The average Bonchev–Trinajstić information content (AvgIpc) is 2.32. The van der Waals surface area contributed by atoms with Crippen LogP contribution in [-0.2, 0) is 12.6 Å². The van der Waals surface area contributed by atoms with Crippen molar-refractivity contribution in [3.8, 4) is 0 Å². The fourth-order valence-electron chi connectivity index (χ4n) is 1.75. The van der Waals surface area contributed by atoms with Crippen LogP contribution in [0.4, 0.5) is 13.2 Å². The minimum Gasteiger partial charge on any atom is -0.166 e. The molecule has 2 aromatic carbocycles. The van der Waals surface area contributed by atoms with Crippen molar-refractivity contribution in [1.82, 2.24) is 0 Å². The lowest BCUT2D eigenvalue weighted by molar-refractivity contribution is -0.137. The van der Waals surface area contributed by atoms with Gasteiger partial charge in [-0.15, -0.1) is 0 Å². The zero-order valence-corrected chi connectivity index (χ0v) is 9.96. The number of halogens is 3. The van der Waals surface area contributed by atoms with Crippen LogP contribution >= 0.6 is 0 Å². The molecule has 0 N–H and O–H groups in total. The zero-order chi connectivity index (χ0) is 13.2. The second kappa shape index (κ2) is 4.84. The summed E-state index contributed by atoms with van der Waals surface area (Å²) < 4.78 is 37.2. The number of alkyl halides is 3. The summed E-state index contributed by atoms with van der Waals surface area (Å²) in [6.07, 6.45) is -3.61. The molecule has 3 heteroatoms. The summed E-state index contributed by atoms with van der Waals surface area (Å²) in [4.78, 5) is 0. The van der Waals surface area contributed by atoms with E-state index in [2.05, 4.69) is 0 Å². The van der Waals surface area contributed by atoms with Gasteiger partial charge in [0.25, 0.3) is 0 Å². The van der Waals surface area contributed by atoms with E-state index in [0.717, 1.165) is 23.3 Å². The maximum atomic E-state index is 12.4. The Labute approximate surface area is 104 Å². The predicted octanol–water partition coefficient (Wildman–Crippen LogP) is 4.60. The second-order valence-electron chi connectivity index (χ2n) is 4.36. The highest BCUT2D eigenvalue weighted by Crippen LogP contribution is 2.29. The fourth-order valence-corrected chi connectivity index (χ4v) is 1.75. The van der Waals surface area contributed by atoms with E-state index in [1.807, 2.05) is 31.2 Å². The van der Waals surface area contributed by atoms with Gasteiger partial charge >= 0.3 is 6.18 Å². The van der Waals surface area contributed by atoms with E-state index in [-0.39, 0.29) is 0 Å². The van der Waals surface area contributed by atoms with Crippen molar-refractivity contribution >= 4 is 0 Å². The highest BCUT2D eigenvalue weighted by molar-refractivity contribution is 5.30. The van der Waals surface area contributed by atoms with Gasteiger partial charge in [0.1, 0.15) is 0 Å². The van der Waals surface area contributed by atoms with Crippen molar-refractivity contribution in [3.63, 3.8) is 0 Å². The van der Waals surface area contributed by atoms with Crippen molar-refractivity contribution in [2.45, 2.75) is 19.5 Å². The van der Waals surface area contributed by atoms with Gasteiger partial charge in [0.15, 0.2) is 0 Å². The lowest BCUT2D eigenvalue weighted by Crippen LogP contribution is -2.04. The number of aryl methyl sites for hydroxylation is 1. The normalized spacial score (nSPS) is 11.6. The SMILES string of the molecule is Cc1ccc(Cc2ccc(C(F)(F)F)cc2)cc1.